The molecule has 0 unspecified atom stereocenters. The van der Waals surface area contributed by atoms with E-state index in [1.807, 2.05) is 6.07 Å². The van der Waals surface area contributed by atoms with Crippen molar-refractivity contribution in [2.24, 2.45) is 11.3 Å². The van der Waals surface area contributed by atoms with Gasteiger partial charge in [-0.3, -0.25) is 0 Å². The molecule has 0 spiro atoms. The lowest BCUT2D eigenvalue weighted by Crippen LogP contribution is -2.38. The fourth-order valence-electron chi connectivity index (χ4n) is 2.87. The smallest absolute Gasteiger partial charge is 0.135 e. The second-order valence-corrected chi connectivity index (χ2v) is 7.29. The third-order valence-electron chi connectivity index (χ3n) is 4.31. The van der Waals surface area contributed by atoms with Crippen LogP contribution >= 0.6 is 0 Å². The molecule has 112 valence electrons. The Bertz CT molecular complexity index is 454. The highest BCUT2D eigenvalue weighted by Gasteiger charge is 2.29. The van der Waals surface area contributed by atoms with E-state index in [9.17, 15) is 0 Å². The first kappa shape index (κ1) is 15.1. The average Bonchev–Trinajstić information content (AvgIpc) is 2.37. The van der Waals surface area contributed by atoms with Gasteiger partial charge >= 0.3 is 0 Å². The number of aromatic nitrogens is 2. The molecular formula is C16H28N4. The standard InChI is InChI=1S/C16H28N4/c1-11(2)15-18-13(17)10-14(19-15)20-8-6-12(7-9-20)16(3,4)5/h10-12H,6-9H2,1-5H3,(H2,17,18,19). The Morgan fingerprint density at radius 1 is 1.20 bits per heavy atom. The molecule has 1 saturated heterocycles. The molecule has 1 fully saturated rings. The molecule has 1 aliphatic rings. The summed E-state index contributed by atoms with van der Waals surface area (Å²) < 4.78 is 0. The maximum atomic E-state index is 5.92. The van der Waals surface area contributed by atoms with Gasteiger partial charge in [0.15, 0.2) is 0 Å². The minimum Gasteiger partial charge on any atom is -0.384 e. The Morgan fingerprint density at radius 2 is 1.80 bits per heavy atom. The van der Waals surface area contributed by atoms with Crippen molar-refractivity contribution in [2.45, 2.75) is 53.4 Å². The lowest BCUT2D eigenvalue weighted by atomic mass is 9.75. The molecule has 2 rings (SSSR count). The van der Waals surface area contributed by atoms with Crippen LogP contribution in [0.2, 0.25) is 0 Å². The van der Waals surface area contributed by atoms with Crippen LogP contribution in [-0.4, -0.2) is 23.1 Å². The summed E-state index contributed by atoms with van der Waals surface area (Å²) in [5, 5.41) is 0. The fourth-order valence-corrected chi connectivity index (χ4v) is 2.87. The summed E-state index contributed by atoms with van der Waals surface area (Å²) in [6.07, 6.45) is 2.45. The lowest BCUT2D eigenvalue weighted by molar-refractivity contribution is 0.198. The van der Waals surface area contributed by atoms with Crippen molar-refractivity contribution in [2.75, 3.05) is 23.7 Å². The molecule has 2 N–H and O–H groups in total. The number of nitrogens with two attached hydrogens (primary N) is 1. The highest BCUT2D eigenvalue weighted by atomic mass is 15.2. The third kappa shape index (κ3) is 3.41. The van der Waals surface area contributed by atoms with Gasteiger partial charge in [-0.2, -0.15) is 0 Å². The summed E-state index contributed by atoms with van der Waals surface area (Å²) >= 11 is 0. The van der Waals surface area contributed by atoms with Crippen molar-refractivity contribution in [3.63, 3.8) is 0 Å². The first-order valence-electron chi connectivity index (χ1n) is 7.67. The Kier molecular flexibility index (Phi) is 4.21. The van der Waals surface area contributed by atoms with E-state index in [0.29, 0.717) is 17.2 Å². The van der Waals surface area contributed by atoms with E-state index < -0.39 is 0 Å². The van der Waals surface area contributed by atoms with Crippen molar-refractivity contribution in [3.05, 3.63) is 11.9 Å². The van der Waals surface area contributed by atoms with Crippen molar-refractivity contribution in [3.8, 4) is 0 Å². The van der Waals surface area contributed by atoms with E-state index in [4.69, 9.17) is 5.73 Å². The summed E-state index contributed by atoms with van der Waals surface area (Å²) in [6.45, 7) is 13.4. The predicted octanol–water partition coefficient (Wildman–Crippen LogP) is 3.44. The third-order valence-corrected chi connectivity index (χ3v) is 4.31. The number of nitrogen functional groups attached to an aromatic ring is 1. The Morgan fingerprint density at radius 3 is 2.30 bits per heavy atom. The second-order valence-electron chi connectivity index (χ2n) is 7.29. The molecule has 20 heavy (non-hydrogen) atoms. The van der Waals surface area contributed by atoms with Crippen LogP contribution in [0.25, 0.3) is 0 Å². The Hall–Kier alpha value is -1.32. The van der Waals surface area contributed by atoms with Gasteiger partial charge in [-0.05, 0) is 24.2 Å². The van der Waals surface area contributed by atoms with Crippen LogP contribution in [0.15, 0.2) is 6.07 Å². The van der Waals surface area contributed by atoms with E-state index in [0.717, 1.165) is 30.6 Å². The predicted molar refractivity (Wildman–Crippen MR) is 84.9 cm³/mol. The lowest BCUT2D eigenvalue weighted by Gasteiger charge is -2.39. The number of piperidine rings is 1. The molecule has 0 radical (unpaired) electrons. The summed E-state index contributed by atoms with van der Waals surface area (Å²) in [6, 6.07) is 1.91. The molecule has 0 atom stereocenters. The van der Waals surface area contributed by atoms with Crippen LogP contribution in [0.1, 0.15) is 59.2 Å². The summed E-state index contributed by atoms with van der Waals surface area (Å²) in [5.41, 5.74) is 6.33. The van der Waals surface area contributed by atoms with E-state index in [2.05, 4.69) is 49.5 Å². The molecule has 4 heteroatoms. The molecule has 0 saturated carbocycles. The van der Waals surface area contributed by atoms with Crippen molar-refractivity contribution < 1.29 is 0 Å². The molecule has 0 amide bonds. The Labute approximate surface area is 122 Å². The van der Waals surface area contributed by atoms with Gasteiger partial charge in [-0.25, -0.2) is 9.97 Å². The van der Waals surface area contributed by atoms with Gasteiger partial charge in [0, 0.05) is 25.1 Å². The van der Waals surface area contributed by atoms with Crippen molar-refractivity contribution in [1.29, 1.82) is 0 Å². The first-order chi connectivity index (χ1) is 9.27. The zero-order chi connectivity index (χ0) is 14.9. The summed E-state index contributed by atoms with van der Waals surface area (Å²) in [7, 11) is 0. The minimum atomic E-state index is 0.310. The largest absolute Gasteiger partial charge is 0.384 e. The fraction of sp³-hybridized carbons (Fsp3) is 0.750. The van der Waals surface area contributed by atoms with Gasteiger partial charge in [0.05, 0.1) is 0 Å². The van der Waals surface area contributed by atoms with Crippen molar-refractivity contribution >= 4 is 11.6 Å². The zero-order valence-corrected chi connectivity index (χ0v) is 13.5. The van der Waals surface area contributed by atoms with Gasteiger partial charge in [0.1, 0.15) is 17.5 Å². The number of nitrogens with zero attached hydrogens (tertiary/aromatic N) is 3. The van der Waals surface area contributed by atoms with Gasteiger partial charge in [0.25, 0.3) is 0 Å². The van der Waals surface area contributed by atoms with Crippen LogP contribution < -0.4 is 10.6 Å². The molecule has 4 nitrogen and oxygen atoms in total. The maximum Gasteiger partial charge on any atom is 0.135 e. The number of anilines is 2. The number of hydrogen-bond acceptors (Lipinski definition) is 4. The summed E-state index contributed by atoms with van der Waals surface area (Å²) in [5.74, 6) is 3.52. The maximum absolute atomic E-state index is 5.92. The topological polar surface area (TPSA) is 55.0 Å². The van der Waals surface area contributed by atoms with Gasteiger partial charge in [-0.1, -0.05) is 34.6 Å². The molecular weight excluding hydrogens is 248 g/mol. The quantitative estimate of drug-likeness (QED) is 0.899. The number of rotatable bonds is 2. The Balaban J connectivity index is 2.11. The minimum absolute atomic E-state index is 0.310. The highest BCUT2D eigenvalue weighted by molar-refractivity contribution is 5.47. The summed E-state index contributed by atoms with van der Waals surface area (Å²) in [4.78, 5) is 11.4. The van der Waals surface area contributed by atoms with Crippen molar-refractivity contribution in [1.82, 2.24) is 9.97 Å². The monoisotopic (exact) mass is 276 g/mol. The molecule has 0 bridgehead atoms. The van der Waals surface area contributed by atoms with Gasteiger partial charge in [-0.15, -0.1) is 0 Å². The molecule has 1 aromatic rings. The van der Waals surface area contributed by atoms with Crippen LogP contribution in [0.3, 0.4) is 0 Å². The van der Waals surface area contributed by atoms with E-state index >= 15 is 0 Å². The molecule has 1 aromatic heterocycles. The molecule has 0 aromatic carbocycles. The van der Waals surface area contributed by atoms with Crippen LogP contribution in [0.5, 0.6) is 0 Å². The first-order valence-corrected chi connectivity index (χ1v) is 7.67. The molecule has 0 aliphatic carbocycles. The normalized spacial score (nSPS) is 17.8. The highest BCUT2D eigenvalue weighted by Crippen LogP contribution is 2.35. The molecule has 2 heterocycles. The SMILES string of the molecule is CC(C)c1nc(N)cc(N2CCC(C(C)(C)C)CC2)n1. The van der Waals surface area contributed by atoms with E-state index in [-0.39, 0.29) is 0 Å². The van der Waals surface area contributed by atoms with Crippen LogP contribution in [0.4, 0.5) is 11.6 Å². The van der Waals surface area contributed by atoms with Crippen LogP contribution in [-0.2, 0) is 0 Å². The van der Waals surface area contributed by atoms with E-state index in [1.165, 1.54) is 12.8 Å². The second kappa shape index (κ2) is 5.58. The number of hydrogen-bond donors (Lipinski definition) is 1. The van der Waals surface area contributed by atoms with E-state index in [1.54, 1.807) is 0 Å². The van der Waals surface area contributed by atoms with Gasteiger partial charge in [0.2, 0.25) is 0 Å². The molecule has 1 aliphatic heterocycles. The zero-order valence-electron chi connectivity index (χ0n) is 13.5. The van der Waals surface area contributed by atoms with Gasteiger partial charge < -0.3 is 10.6 Å². The van der Waals surface area contributed by atoms with Crippen LogP contribution in [0, 0.1) is 11.3 Å². The average molecular weight is 276 g/mol.